The third-order valence-corrected chi connectivity index (χ3v) is 1.19. The van der Waals surface area contributed by atoms with Crippen molar-refractivity contribution in [3.63, 3.8) is 0 Å². The van der Waals surface area contributed by atoms with Gasteiger partial charge in [0.2, 0.25) is 0 Å². The second-order valence-corrected chi connectivity index (χ2v) is 3.04. The number of nitrogens with two attached hydrogens (primary N) is 1. The summed E-state index contributed by atoms with van der Waals surface area (Å²) in [5.41, 5.74) is 0. The molecule has 0 aromatic rings. The summed E-state index contributed by atoms with van der Waals surface area (Å²) in [7, 11) is -2.03. The normalized spacial score (nSPS) is 27.2. The highest BCUT2D eigenvalue weighted by Gasteiger charge is 2.20. The molecule has 0 aliphatic carbocycles. The maximum atomic E-state index is 9.75. The molecule has 0 aromatic heterocycles. The van der Waals surface area contributed by atoms with E-state index >= 15 is 0 Å². The zero-order valence-corrected chi connectivity index (χ0v) is 7.42. The van der Waals surface area contributed by atoms with Crippen LogP contribution in [0.4, 0.5) is 17.3 Å². The lowest BCUT2D eigenvalue weighted by Crippen LogP contribution is -2.46. The summed E-state index contributed by atoms with van der Waals surface area (Å²) in [5, 5.41) is 0. The Bertz CT molecular complexity index is 185. The van der Waals surface area contributed by atoms with Gasteiger partial charge in [-0.3, -0.25) is 0 Å². The first-order valence-corrected chi connectivity index (χ1v) is 3.51. The average Bonchev–Trinajstić information content (AvgIpc) is 2.04. The van der Waals surface area contributed by atoms with E-state index in [0.717, 1.165) is 6.67 Å². The highest BCUT2D eigenvalue weighted by molar-refractivity contribution is 6.50. The van der Waals surface area contributed by atoms with Crippen LogP contribution in [0, 0.1) is 0 Å². The molecule has 1 heterocycles. The van der Waals surface area contributed by atoms with Crippen LogP contribution in [0.1, 0.15) is 0 Å². The molecule has 1 aliphatic rings. The Labute approximate surface area is 74.1 Å². The number of quaternary nitrogens is 1. The van der Waals surface area contributed by atoms with Crippen molar-refractivity contribution in [3.05, 3.63) is 12.4 Å². The van der Waals surface area contributed by atoms with Crippen LogP contribution in [0.15, 0.2) is 12.4 Å². The van der Waals surface area contributed by atoms with Crippen LogP contribution in [0.2, 0.25) is 0 Å². The molecule has 8 heteroatoms. The van der Waals surface area contributed by atoms with Crippen molar-refractivity contribution in [3.8, 4) is 0 Å². The fourth-order valence-corrected chi connectivity index (χ4v) is 0.841. The molecule has 0 aromatic carbocycles. The van der Waals surface area contributed by atoms with Crippen LogP contribution in [-0.4, -0.2) is 37.5 Å². The number of hydrogen-bond donors (Lipinski definition) is 1. The van der Waals surface area contributed by atoms with E-state index < -0.39 is 7.25 Å². The molecule has 2 N–H and O–H groups in total. The van der Waals surface area contributed by atoms with Crippen molar-refractivity contribution in [1.82, 2.24) is 4.90 Å². The van der Waals surface area contributed by atoms with Crippen LogP contribution < -0.4 is 5.84 Å². The summed E-state index contributed by atoms with van der Waals surface area (Å²) in [5.74, 6) is 5.68. The van der Waals surface area contributed by atoms with Gasteiger partial charge < -0.3 is 22.2 Å². The molecule has 78 valence electrons. The van der Waals surface area contributed by atoms with E-state index in [1.807, 2.05) is 26.5 Å². The van der Waals surface area contributed by atoms with Crippen LogP contribution in [0.5, 0.6) is 0 Å². The molecule has 1 rings (SSSR count). The Balaban J connectivity index is 0.000000252. The first-order valence-electron chi connectivity index (χ1n) is 3.51. The minimum Gasteiger partial charge on any atom is -0.418 e. The minimum absolute atomic E-state index is 0.483. The molecule has 1 aliphatic heterocycles. The average molecular weight is 201 g/mol. The highest BCUT2D eigenvalue weighted by atomic mass is 19.5. The largest absolute Gasteiger partial charge is 0.673 e. The van der Waals surface area contributed by atoms with Gasteiger partial charge in [0.1, 0.15) is 6.20 Å². The van der Waals surface area contributed by atoms with Gasteiger partial charge in [-0.1, -0.05) is 0 Å². The van der Waals surface area contributed by atoms with Gasteiger partial charge in [0, 0.05) is 7.05 Å². The Hall–Kier alpha value is -0.755. The van der Waals surface area contributed by atoms with Gasteiger partial charge in [-0.05, 0) is 0 Å². The molecule has 13 heavy (non-hydrogen) atoms. The van der Waals surface area contributed by atoms with Gasteiger partial charge in [-0.2, -0.15) is 5.84 Å². The molecule has 0 saturated carbocycles. The number of rotatable bonds is 0. The minimum atomic E-state index is -6.00. The second kappa shape index (κ2) is 3.97. The standard InChI is InChI=1S/C5H12N3.BF4/c1-7-3-4-8(2,6)5-7;2-1(3,4)5/h3-4H,5-6H2,1-2H3;/q+1;-1. The molecule has 0 spiro atoms. The molecule has 3 nitrogen and oxygen atoms in total. The number of halogens is 4. The van der Waals surface area contributed by atoms with Crippen molar-refractivity contribution < 1.29 is 21.9 Å². The second-order valence-electron chi connectivity index (χ2n) is 3.04. The van der Waals surface area contributed by atoms with Gasteiger partial charge in [0.15, 0.2) is 6.67 Å². The third kappa shape index (κ3) is 9.16. The van der Waals surface area contributed by atoms with Crippen molar-refractivity contribution >= 4 is 7.25 Å². The van der Waals surface area contributed by atoms with Gasteiger partial charge in [0.25, 0.3) is 0 Å². The van der Waals surface area contributed by atoms with E-state index in [0.29, 0.717) is 4.59 Å². The summed E-state index contributed by atoms with van der Waals surface area (Å²) in [6.07, 6.45) is 3.94. The van der Waals surface area contributed by atoms with Crippen molar-refractivity contribution in [2.45, 2.75) is 0 Å². The summed E-state index contributed by atoms with van der Waals surface area (Å²) >= 11 is 0. The van der Waals surface area contributed by atoms with E-state index in [9.17, 15) is 17.3 Å². The predicted molar refractivity (Wildman–Crippen MR) is 42.3 cm³/mol. The van der Waals surface area contributed by atoms with Crippen LogP contribution in [0.3, 0.4) is 0 Å². The predicted octanol–water partition coefficient (Wildman–Crippen LogP) is 0.981. The summed E-state index contributed by atoms with van der Waals surface area (Å²) in [6.45, 7) is 0.875. The molecule has 0 bridgehead atoms. The smallest absolute Gasteiger partial charge is 0.418 e. The molecule has 0 saturated heterocycles. The van der Waals surface area contributed by atoms with Crippen molar-refractivity contribution in [1.29, 1.82) is 0 Å². The number of nitrogens with zero attached hydrogens (tertiary/aromatic N) is 2. The molecule has 1 atom stereocenters. The first kappa shape index (κ1) is 12.2. The van der Waals surface area contributed by atoms with Crippen LogP contribution in [-0.2, 0) is 0 Å². The topological polar surface area (TPSA) is 29.3 Å². The molecule has 0 radical (unpaired) electrons. The Morgan fingerprint density at radius 2 is 1.77 bits per heavy atom. The lowest BCUT2D eigenvalue weighted by atomic mass is 10.3. The monoisotopic (exact) mass is 201 g/mol. The molecule has 1 unspecified atom stereocenters. The first-order chi connectivity index (χ1) is 5.60. The van der Waals surface area contributed by atoms with Gasteiger partial charge >= 0.3 is 7.25 Å². The SMILES string of the molecule is CN1C=C[N+](C)(N)C1.F[B-](F)(F)F. The van der Waals surface area contributed by atoms with E-state index in [1.165, 1.54) is 0 Å². The quantitative estimate of drug-likeness (QED) is 0.274. The van der Waals surface area contributed by atoms with Crippen molar-refractivity contribution in [2.24, 2.45) is 5.84 Å². The van der Waals surface area contributed by atoms with Gasteiger partial charge in [-0.25, -0.2) is 4.59 Å². The summed E-state index contributed by atoms with van der Waals surface area (Å²) in [6, 6.07) is 0. The Morgan fingerprint density at radius 1 is 1.38 bits per heavy atom. The molecule has 0 amide bonds. The third-order valence-electron chi connectivity index (χ3n) is 1.19. The van der Waals surface area contributed by atoms with E-state index in [2.05, 4.69) is 4.90 Å². The molecular weight excluding hydrogens is 189 g/mol. The summed E-state index contributed by atoms with van der Waals surface area (Å²) < 4.78 is 39.5. The zero-order chi connectivity index (χ0) is 10.7. The fraction of sp³-hybridized carbons (Fsp3) is 0.600. The van der Waals surface area contributed by atoms with Crippen LogP contribution >= 0.6 is 0 Å². The lowest BCUT2D eigenvalue weighted by Gasteiger charge is -2.19. The van der Waals surface area contributed by atoms with Crippen LogP contribution in [0.25, 0.3) is 0 Å². The van der Waals surface area contributed by atoms with Crippen molar-refractivity contribution in [2.75, 3.05) is 20.8 Å². The lowest BCUT2D eigenvalue weighted by molar-refractivity contribution is -0.873. The Morgan fingerprint density at radius 3 is 1.85 bits per heavy atom. The van der Waals surface area contributed by atoms with E-state index in [1.54, 1.807) is 0 Å². The molecular formula is C5H12BF4N3. The zero-order valence-electron chi connectivity index (χ0n) is 7.42. The Kier molecular flexibility index (Phi) is 3.74. The summed E-state index contributed by atoms with van der Waals surface area (Å²) in [4.78, 5) is 2.06. The highest BCUT2D eigenvalue weighted by Crippen LogP contribution is 2.06. The van der Waals surface area contributed by atoms with E-state index in [-0.39, 0.29) is 0 Å². The fourth-order valence-electron chi connectivity index (χ4n) is 0.841. The number of hydrogen-bond acceptors (Lipinski definition) is 2. The van der Waals surface area contributed by atoms with Gasteiger partial charge in [0.05, 0.1) is 13.2 Å². The van der Waals surface area contributed by atoms with E-state index in [4.69, 9.17) is 5.84 Å². The van der Waals surface area contributed by atoms with Gasteiger partial charge in [-0.15, -0.1) is 0 Å². The molecule has 0 fully saturated rings. The maximum absolute atomic E-state index is 9.75. The maximum Gasteiger partial charge on any atom is 0.673 e.